The summed E-state index contributed by atoms with van der Waals surface area (Å²) in [6.07, 6.45) is 3.62. The molecular formula is C15H14N2. The van der Waals surface area contributed by atoms with Gasteiger partial charge in [0, 0.05) is 17.8 Å². The molecule has 0 aliphatic carbocycles. The van der Waals surface area contributed by atoms with E-state index in [4.69, 9.17) is 0 Å². The fourth-order valence-corrected chi connectivity index (χ4v) is 2.16. The third-order valence-corrected chi connectivity index (χ3v) is 3.26. The van der Waals surface area contributed by atoms with E-state index in [1.165, 1.54) is 16.3 Å². The normalized spacial score (nSPS) is 12.8. The Bertz CT molecular complexity index is 626. The Kier molecular flexibility index (Phi) is 2.41. The smallest absolute Gasteiger partial charge is 0.0921 e. The van der Waals surface area contributed by atoms with Gasteiger partial charge in [0.1, 0.15) is 0 Å². The number of rotatable bonds is 2. The second-order valence-electron chi connectivity index (χ2n) is 4.34. The molecular weight excluding hydrogens is 208 g/mol. The van der Waals surface area contributed by atoms with Crippen LogP contribution >= 0.6 is 0 Å². The number of imidazole rings is 1. The summed E-state index contributed by atoms with van der Waals surface area (Å²) >= 11 is 0. The van der Waals surface area contributed by atoms with E-state index in [-0.39, 0.29) is 0 Å². The molecule has 2 heteroatoms. The van der Waals surface area contributed by atoms with Crippen LogP contribution in [0.1, 0.15) is 24.1 Å². The van der Waals surface area contributed by atoms with Crippen molar-refractivity contribution in [1.29, 1.82) is 0 Å². The molecule has 2 aromatic carbocycles. The van der Waals surface area contributed by atoms with Gasteiger partial charge >= 0.3 is 0 Å². The molecule has 0 saturated heterocycles. The predicted molar refractivity (Wildman–Crippen MR) is 70.1 cm³/mol. The van der Waals surface area contributed by atoms with Crippen molar-refractivity contribution in [3.05, 3.63) is 66.2 Å². The quantitative estimate of drug-likeness (QED) is 0.703. The lowest BCUT2D eigenvalue weighted by Gasteiger charge is -2.10. The number of H-pyrrole nitrogens is 1. The Labute approximate surface area is 100 Å². The first-order valence-electron chi connectivity index (χ1n) is 5.81. The number of nitrogens with zero attached hydrogens (tertiary/aromatic N) is 1. The molecule has 1 N–H and O–H groups in total. The minimum absolute atomic E-state index is 0.349. The van der Waals surface area contributed by atoms with Crippen LogP contribution in [0.25, 0.3) is 10.8 Å². The van der Waals surface area contributed by atoms with Crippen LogP contribution in [0, 0.1) is 0 Å². The van der Waals surface area contributed by atoms with Gasteiger partial charge < -0.3 is 4.98 Å². The van der Waals surface area contributed by atoms with Gasteiger partial charge in [-0.2, -0.15) is 0 Å². The van der Waals surface area contributed by atoms with Crippen molar-refractivity contribution >= 4 is 10.8 Å². The van der Waals surface area contributed by atoms with Crippen molar-refractivity contribution < 1.29 is 0 Å². The number of nitrogens with one attached hydrogen (secondary N) is 1. The fraction of sp³-hybridized carbons (Fsp3) is 0.133. The molecule has 1 atom stereocenters. The molecule has 2 nitrogen and oxygen atoms in total. The lowest BCUT2D eigenvalue weighted by molar-refractivity contribution is 0.885. The van der Waals surface area contributed by atoms with Gasteiger partial charge in [0.15, 0.2) is 0 Å². The molecule has 0 fully saturated rings. The average molecular weight is 222 g/mol. The van der Waals surface area contributed by atoms with Gasteiger partial charge in [-0.25, -0.2) is 4.98 Å². The van der Waals surface area contributed by atoms with E-state index in [0.29, 0.717) is 5.92 Å². The van der Waals surface area contributed by atoms with Crippen LogP contribution in [-0.2, 0) is 0 Å². The van der Waals surface area contributed by atoms with Gasteiger partial charge in [0.05, 0.1) is 6.33 Å². The summed E-state index contributed by atoms with van der Waals surface area (Å²) < 4.78 is 0. The minimum atomic E-state index is 0.349. The summed E-state index contributed by atoms with van der Waals surface area (Å²) in [6, 6.07) is 15.1. The number of fused-ring (bicyclic) bond motifs is 1. The Balaban J connectivity index is 2.06. The molecule has 0 aliphatic rings. The summed E-state index contributed by atoms with van der Waals surface area (Å²) in [6.45, 7) is 2.19. The molecule has 0 spiro atoms. The Morgan fingerprint density at radius 1 is 1.06 bits per heavy atom. The van der Waals surface area contributed by atoms with Gasteiger partial charge in [-0.05, 0) is 16.3 Å². The lowest BCUT2D eigenvalue weighted by Crippen LogP contribution is -1.95. The lowest BCUT2D eigenvalue weighted by atomic mass is 9.96. The molecule has 3 aromatic rings. The van der Waals surface area contributed by atoms with Crippen molar-refractivity contribution in [1.82, 2.24) is 9.97 Å². The van der Waals surface area contributed by atoms with E-state index >= 15 is 0 Å². The van der Waals surface area contributed by atoms with E-state index in [2.05, 4.69) is 59.4 Å². The van der Waals surface area contributed by atoms with E-state index in [1.807, 2.05) is 6.20 Å². The highest BCUT2D eigenvalue weighted by Crippen LogP contribution is 2.25. The highest BCUT2D eigenvalue weighted by Gasteiger charge is 2.09. The van der Waals surface area contributed by atoms with E-state index in [9.17, 15) is 0 Å². The number of hydrogen-bond donors (Lipinski definition) is 1. The SMILES string of the molecule is CC(c1ccc2ccccc2c1)c1cnc[nH]1. The molecule has 0 aliphatic heterocycles. The first-order valence-corrected chi connectivity index (χ1v) is 5.81. The van der Waals surface area contributed by atoms with Crippen LogP contribution in [0.2, 0.25) is 0 Å². The zero-order valence-corrected chi connectivity index (χ0v) is 9.72. The number of benzene rings is 2. The van der Waals surface area contributed by atoms with Crippen molar-refractivity contribution in [2.24, 2.45) is 0 Å². The van der Waals surface area contributed by atoms with Crippen molar-refractivity contribution in [3.8, 4) is 0 Å². The second kappa shape index (κ2) is 4.06. The van der Waals surface area contributed by atoms with E-state index < -0.39 is 0 Å². The molecule has 3 rings (SSSR count). The van der Waals surface area contributed by atoms with E-state index in [0.717, 1.165) is 5.69 Å². The fourth-order valence-electron chi connectivity index (χ4n) is 2.16. The Morgan fingerprint density at radius 2 is 1.88 bits per heavy atom. The van der Waals surface area contributed by atoms with Crippen molar-refractivity contribution in [3.63, 3.8) is 0 Å². The molecule has 0 bridgehead atoms. The maximum absolute atomic E-state index is 4.08. The summed E-state index contributed by atoms with van der Waals surface area (Å²) in [7, 11) is 0. The third kappa shape index (κ3) is 1.82. The molecule has 0 radical (unpaired) electrons. The van der Waals surface area contributed by atoms with Gasteiger partial charge in [0.2, 0.25) is 0 Å². The highest BCUT2D eigenvalue weighted by atomic mass is 14.9. The molecule has 1 aromatic heterocycles. The maximum atomic E-state index is 4.08. The number of hydrogen-bond acceptors (Lipinski definition) is 1. The van der Waals surface area contributed by atoms with Crippen molar-refractivity contribution in [2.75, 3.05) is 0 Å². The first-order chi connectivity index (χ1) is 8.34. The minimum Gasteiger partial charge on any atom is -0.348 e. The highest BCUT2D eigenvalue weighted by molar-refractivity contribution is 5.83. The van der Waals surface area contributed by atoms with Crippen LogP contribution in [0.4, 0.5) is 0 Å². The van der Waals surface area contributed by atoms with Crippen LogP contribution < -0.4 is 0 Å². The standard InChI is InChI=1S/C15H14N2/c1-11(15-9-16-10-17-15)13-7-6-12-4-2-3-5-14(12)8-13/h2-11H,1H3,(H,16,17). The summed E-state index contributed by atoms with van der Waals surface area (Å²) in [5.41, 5.74) is 2.47. The third-order valence-electron chi connectivity index (χ3n) is 3.26. The second-order valence-corrected chi connectivity index (χ2v) is 4.34. The zero-order chi connectivity index (χ0) is 11.7. The number of aromatic nitrogens is 2. The van der Waals surface area contributed by atoms with Gasteiger partial charge in [-0.15, -0.1) is 0 Å². The predicted octanol–water partition coefficient (Wildman–Crippen LogP) is 3.71. The molecule has 17 heavy (non-hydrogen) atoms. The topological polar surface area (TPSA) is 28.7 Å². The first kappa shape index (κ1) is 10.1. The molecule has 84 valence electrons. The zero-order valence-electron chi connectivity index (χ0n) is 9.72. The monoisotopic (exact) mass is 222 g/mol. The molecule has 0 amide bonds. The van der Waals surface area contributed by atoms with Crippen LogP contribution in [-0.4, -0.2) is 9.97 Å². The van der Waals surface area contributed by atoms with Gasteiger partial charge in [-0.1, -0.05) is 49.4 Å². The number of aromatic amines is 1. The van der Waals surface area contributed by atoms with Crippen molar-refractivity contribution in [2.45, 2.75) is 12.8 Å². The summed E-state index contributed by atoms with van der Waals surface area (Å²) in [4.78, 5) is 7.25. The van der Waals surface area contributed by atoms with Crippen LogP contribution in [0.15, 0.2) is 55.0 Å². The van der Waals surface area contributed by atoms with E-state index in [1.54, 1.807) is 6.33 Å². The van der Waals surface area contributed by atoms with Crippen LogP contribution in [0.3, 0.4) is 0 Å². The Morgan fingerprint density at radius 3 is 2.65 bits per heavy atom. The molecule has 1 unspecified atom stereocenters. The largest absolute Gasteiger partial charge is 0.348 e. The average Bonchev–Trinajstić information content (AvgIpc) is 2.91. The summed E-state index contributed by atoms with van der Waals surface area (Å²) in [5, 5.41) is 2.57. The summed E-state index contributed by atoms with van der Waals surface area (Å²) in [5.74, 6) is 0.349. The van der Waals surface area contributed by atoms with Crippen LogP contribution in [0.5, 0.6) is 0 Å². The molecule has 1 heterocycles. The van der Waals surface area contributed by atoms with Gasteiger partial charge in [0.25, 0.3) is 0 Å². The maximum Gasteiger partial charge on any atom is 0.0921 e. The van der Waals surface area contributed by atoms with Gasteiger partial charge in [-0.3, -0.25) is 0 Å². The molecule has 0 saturated carbocycles. The Hall–Kier alpha value is -2.09.